The maximum atomic E-state index is 5.45. The number of nitrogens with zero attached hydrogens (tertiary/aromatic N) is 6. The van der Waals surface area contributed by atoms with Gasteiger partial charge in [-0.15, -0.1) is 0 Å². The molecule has 34 heavy (non-hydrogen) atoms. The zero-order chi connectivity index (χ0) is 22.7. The van der Waals surface area contributed by atoms with Gasteiger partial charge in [0.2, 0.25) is 0 Å². The average Bonchev–Trinajstić information content (AvgIpc) is 3.35. The molecule has 5 aromatic rings. The van der Waals surface area contributed by atoms with Gasteiger partial charge in [0.05, 0.1) is 13.2 Å². The standard InChI is InChI=1S/C26H23N7O/c1-3-7-20(8-4-1)29-25-23-26(33(18-28-23)21-9-5-2-6-10-21)31-24(30-25)19-11-12-22(27-17-19)32-13-15-34-16-14-32/h1-12,17-18H,13-16H2,(H,29,30,31). The number of nitrogens with one attached hydrogen (secondary N) is 1. The maximum Gasteiger partial charge on any atom is 0.170 e. The molecular formula is C26H23N7O. The van der Waals surface area contributed by atoms with E-state index in [4.69, 9.17) is 14.7 Å². The number of ether oxygens (including phenoxy) is 1. The molecule has 6 rings (SSSR count). The molecule has 0 radical (unpaired) electrons. The van der Waals surface area contributed by atoms with E-state index < -0.39 is 0 Å². The Balaban J connectivity index is 1.44. The molecule has 0 bridgehead atoms. The Kier molecular flexibility index (Phi) is 5.33. The quantitative estimate of drug-likeness (QED) is 0.424. The number of imidazole rings is 1. The molecule has 1 aliphatic heterocycles. The van der Waals surface area contributed by atoms with Crippen molar-refractivity contribution in [3.63, 3.8) is 0 Å². The van der Waals surface area contributed by atoms with Gasteiger partial charge in [-0.1, -0.05) is 36.4 Å². The second kappa shape index (κ2) is 8.92. The molecule has 1 fully saturated rings. The lowest BCUT2D eigenvalue weighted by Crippen LogP contribution is -2.36. The third-order valence-corrected chi connectivity index (χ3v) is 5.81. The van der Waals surface area contributed by atoms with Crippen LogP contribution >= 0.6 is 0 Å². The van der Waals surface area contributed by atoms with Gasteiger partial charge >= 0.3 is 0 Å². The number of pyridine rings is 1. The molecule has 1 N–H and O–H groups in total. The number of para-hydroxylation sites is 2. The normalized spacial score (nSPS) is 13.8. The molecule has 1 saturated heterocycles. The smallest absolute Gasteiger partial charge is 0.170 e. The third-order valence-electron chi connectivity index (χ3n) is 5.81. The van der Waals surface area contributed by atoms with Crippen LogP contribution in [0.5, 0.6) is 0 Å². The van der Waals surface area contributed by atoms with Crippen molar-refractivity contribution in [3.05, 3.63) is 85.3 Å². The van der Waals surface area contributed by atoms with E-state index in [2.05, 4.69) is 20.2 Å². The van der Waals surface area contributed by atoms with Crippen LogP contribution in [0.4, 0.5) is 17.3 Å². The van der Waals surface area contributed by atoms with E-state index in [0.29, 0.717) is 17.2 Å². The predicted octanol–water partition coefficient (Wildman–Crippen LogP) is 4.46. The number of morpholine rings is 1. The van der Waals surface area contributed by atoms with Crippen molar-refractivity contribution >= 4 is 28.5 Å². The molecule has 1 aliphatic rings. The van der Waals surface area contributed by atoms with Crippen LogP contribution in [0.1, 0.15) is 0 Å². The summed E-state index contributed by atoms with van der Waals surface area (Å²) in [6.45, 7) is 3.13. The van der Waals surface area contributed by atoms with Crippen LogP contribution in [0.15, 0.2) is 85.3 Å². The van der Waals surface area contributed by atoms with E-state index in [1.54, 1.807) is 6.33 Å². The molecule has 0 aliphatic carbocycles. The summed E-state index contributed by atoms with van der Waals surface area (Å²) < 4.78 is 7.43. The number of benzene rings is 2. The number of anilines is 3. The number of fused-ring (bicyclic) bond motifs is 1. The molecule has 8 nitrogen and oxygen atoms in total. The van der Waals surface area contributed by atoms with E-state index >= 15 is 0 Å². The molecule has 3 aromatic heterocycles. The van der Waals surface area contributed by atoms with E-state index in [1.165, 1.54) is 0 Å². The summed E-state index contributed by atoms with van der Waals surface area (Å²) in [5.41, 5.74) is 4.20. The highest BCUT2D eigenvalue weighted by Gasteiger charge is 2.17. The van der Waals surface area contributed by atoms with Crippen LogP contribution in [-0.2, 0) is 4.74 Å². The SMILES string of the molecule is c1ccc(Nc2nc(-c3ccc(N4CCOCC4)nc3)nc3c2ncn3-c2ccccc2)cc1. The second-order valence-electron chi connectivity index (χ2n) is 8.01. The third kappa shape index (κ3) is 3.95. The van der Waals surface area contributed by atoms with Gasteiger partial charge < -0.3 is 15.0 Å². The number of hydrogen-bond donors (Lipinski definition) is 1. The molecule has 168 valence electrons. The topological polar surface area (TPSA) is 81.0 Å². The minimum absolute atomic E-state index is 0.588. The fourth-order valence-corrected chi connectivity index (χ4v) is 4.05. The van der Waals surface area contributed by atoms with Crippen LogP contribution in [0.3, 0.4) is 0 Å². The minimum atomic E-state index is 0.588. The maximum absolute atomic E-state index is 5.45. The summed E-state index contributed by atoms with van der Waals surface area (Å²) in [7, 11) is 0. The van der Waals surface area contributed by atoms with E-state index in [9.17, 15) is 0 Å². The van der Waals surface area contributed by atoms with Gasteiger partial charge in [0.25, 0.3) is 0 Å². The fraction of sp³-hybridized carbons (Fsp3) is 0.154. The van der Waals surface area contributed by atoms with E-state index in [0.717, 1.165) is 54.7 Å². The van der Waals surface area contributed by atoms with Gasteiger partial charge in [-0.2, -0.15) is 0 Å². The molecular weight excluding hydrogens is 426 g/mol. The van der Waals surface area contributed by atoms with Crippen molar-refractivity contribution in [2.75, 3.05) is 36.5 Å². The van der Waals surface area contributed by atoms with Crippen molar-refractivity contribution in [2.45, 2.75) is 0 Å². The summed E-state index contributed by atoms with van der Waals surface area (Å²) in [6, 6.07) is 24.1. The van der Waals surface area contributed by atoms with Crippen molar-refractivity contribution in [3.8, 4) is 17.1 Å². The molecule has 0 atom stereocenters. The Hall–Kier alpha value is -4.30. The van der Waals surface area contributed by atoms with Crippen molar-refractivity contribution < 1.29 is 4.74 Å². The lowest BCUT2D eigenvalue weighted by atomic mass is 10.2. The van der Waals surface area contributed by atoms with Crippen LogP contribution in [0.25, 0.3) is 28.2 Å². The molecule has 0 amide bonds. The first-order chi connectivity index (χ1) is 16.8. The first-order valence-electron chi connectivity index (χ1n) is 11.3. The lowest BCUT2D eigenvalue weighted by Gasteiger charge is -2.27. The minimum Gasteiger partial charge on any atom is -0.378 e. The Morgan fingerprint density at radius 1 is 0.794 bits per heavy atom. The van der Waals surface area contributed by atoms with Crippen LogP contribution in [0.2, 0.25) is 0 Å². The number of rotatable bonds is 5. The molecule has 4 heterocycles. The van der Waals surface area contributed by atoms with Gasteiger partial charge in [0.1, 0.15) is 12.1 Å². The highest BCUT2D eigenvalue weighted by Crippen LogP contribution is 2.28. The lowest BCUT2D eigenvalue weighted by molar-refractivity contribution is 0.122. The molecule has 8 heteroatoms. The summed E-state index contributed by atoms with van der Waals surface area (Å²) >= 11 is 0. The van der Waals surface area contributed by atoms with Crippen molar-refractivity contribution in [2.24, 2.45) is 0 Å². The van der Waals surface area contributed by atoms with Crippen LogP contribution in [0, 0.1) is 0 Å². The van der Waals surface area contributed by atoms with Crippen LogP contribution < -0.4 is 10.2 Å². The van der Waals surface area contributed by atoms with Gasteiger partial charge in [0, 0.05) is 36.2 Å². The first-order valence-corrected chi connectivity index (χ1v) is 11.3. The summed E-state index contributed by atoms with van der Waals surface area (Å²) in [4.78, 5) is 21.3. The van der Waals surface area contributed by atoms with Gasteiger partial charge in [-0.3, -0.25) is 4.57 Å². The molecule has 0 saturated carbocycles. The summed E-state index contributed by atoms with van der Waals surface area (Å²) in [5.74, 6) is 2.17. The Morgan fingerprint density at radius 3 is 2.29 bits per heavy atom. The first kappa shape index (κ1) is 20.3. The zero-order valence-electron chi connectivity index (χ0n) is 18.5. The van der Waals surface area contributed by atoms with Crippen LogP contribution in [-0.4, -0.2) is 50.8 Å². The Labute approximate surface area is 196 Å². The average molecular weight is 450 g/mol. The van der Waals surface area contributed by atoms with Crippen molar-refractivity contribution in [1.29, 1.82) is 0 Å². The monoisotopic (exact) mass is 449 g/mol. The molecule has 2 aromatic carbocycles. The van der Waals surface area contributed by atoms with Gasteiger partial charge in [-0.05, 0) is 36.4 Å². The number of aromatic nitrogens is 5. The summed E-state index contributed by atoms with van der Waals surface area (Å²) in [6.07, 6.45) is 3.62. The van der Waals surface area contributed by atoms with E-state index in [-0.39, 0.29) is 0 Å². The predicted molar refractivity (Wildman–Crippen MR) is 133 cm³/mol. The van der Waals surface area contributed by atoms with Gasteiger partial charge in [0.15, 0.2) is 22.8 Å². The Morgan fingerprint density at radius 2 is 1.56 bits per heavy atom. The highest BCUT2D eigenvalue weighted by atomic mass is 16.5. The molecule has 0 spiro atoms. The largest absolute Gasteiger partial charge is 0.378 e. The number of hydrogen-bond acceptors (Lipinski definition) is 7. The second-order valence-corrected chi connectivity index (χ2v) is 8.01. The van der Waals surface area contributed by atoms with Gasteiger partial charge in [-0.25, -0.2) is 19.9 Å². The fourth-order valence-electron chi connectivity index (χ4n) is 4.05. The summed E-state index contributed by atoms with van der Waals surface area (Å²) in [5, 5.41) is 3.42. The Bertz CT molecular complexity index is 1400. The highest BCUT2D eigenvalue weighted by molar-refractivity contribution is 5.88. The van der Waals surface area contributed by atoms with Crippen molar-refractivity contribution in [1.82, 2.24) is 24.5 Å². The zero-order valence-corrected chi connectivity index (χ0v) is 18.5. The van der Waals surface area contributed by atoms with E-state index in [1.807, 2.05) is 83.6 Å². The molecule has 0 unspecified atom stereocenters.